The van der Waals surface area contributed by atoms with Crippen LogP contribution in [0.15, 0.2) is 48.6 Å². The number of amides is 1. The van der Waals surface area contributed by atoms with Crippen molar-refractivity contribution >= 4 is 29.6 Å². The second kappa shape index (κ2) is 15.1. The summed E-state index contributed by atoms with van der Waals surface area (Å²) in [7, 11) is 3.78. The average molecular weight is 508 g/mol. The second-order valence-electron chi connectivity index (χ2n) is 7.83. The Morgan fingerprint density at radius 1 is 1.00 bits per heavy atom. The number of ether oxygens (including phenoxy) is 2. The van der Waals surface area contributed by atoms with Gasteiger partial charge in [0.25, 0.3) is 0 Å². The van der Waals surface area contributed by atoms with Gasteiger partial charge >= 0.3 is 11.9 Å². The SMILES string of the molecule is COc1ccccc1OCC1SCCN1C(=O)C=CCN1CCN(C)CC1.O=C(O)C=CC(=O)O. The van der Waals surface area contributed by atoms with E-state index in [0.29, 0.717) is 30.3 Å². The summed E-state index contributed by atoms with van der Waals surface area (Å²) >= 11 is 1.76. The minimum Gasteiger partial charge on any atom is -0.493 e. The Morgan fingerprint density at radius 2 is 1.63 bits per heavy atom. The number of carbonyl (C=O) groups excluding carboxylic acids is 1. The molecule has 11 heteroatoms. The second-order valence-corrected chi connectivity index (χ2v) is 9.12. The third kappa shape index (κ3) is 10.4. The Hall–Kier alpha value is -3.02. The quantitative estimate of drug-likeness (QED) is 0.476. The largest absolute Gasteiger partial charge is 0.493 e. The van der Waals surface area contributed by atoms with Gasteiger partial charge in [-0.05, 0) is 19.2 Å². The molecule has 1 amide bonds. The van der Waals surface area contributed by atoms with Gasteiger partial charge in [0.2, 0.25) is 5.91 Å². The van der Waals surface area contributed by atoms with Crippen molar-refractivity contribution in [2.24, 2.45) is 0 Å². The first-order valence-electron chi connectivity index (χ1n) is 11.2. The lowest BCUT2D eigenvalue weighted by atomic mass is 10.3. The van der Waals surface area contributed by atoms with Crippen molar-refractivity contribution in [1.82, 2.24) is 14.7 Å². The van der Waals surface area contributed by atoms with Crippen molar-refractivity contribution in [3.63, 3.8) is 0 Å². The Morgan fingerprint density at radius 3 is 2.23 bits per heavy atom. The van der Waals surface area contributed by atoms with E-state index in [9.17, 15) is 14.4 Å². The molecule has 0 radical (unpaired) electrons. The van der Waals surface area contributed by atoms with Crippen molar-refractivity contribution in [2.45, 2.75) is 5.37 Å². The zero-order valence-corrected chi connectivity index (χ0v) is 20.9. The van der Waals surface area contributed by atoms with Crippen molar-refractivity contribution < 1.29 is 34.1 Å². The maximum atomic E-state index is 12.6. The van der Waals surface area contributed by atoms with Crippen LogP contribution in [-0.4, -0.2) is 114 Å². The number of hydrogen-bond acceptors (Lipinski definition) is 8. The number of benzene rings is 1. The molecule has 1 atom stereocenters. The highest BCUT2D eigenvalue weighted by Crippen LogP contribution is 2.29. The van der Waals surface area contributed by atoms with E-state index in [1.165, 1.54) is 0 Å². The van der Waals surface area contributed by atoms with Gasteiger partial charge in [-0.25, -0.2) is 9.59 Å². The molecule has 1 aromatic rings. The number of hydrogen-bond donors (Lipinski definition) is 2. The fourth-order valence-electron chi connectivity index (χ4n) is 3.38. The summed E-state index contributed by atoms with van der Waals surface area (Å²) in [5.41, 5.74) is 0. The molecule has 2 heterocycles. The van der Waals surface area contributed by atoms with Crippen LogP contribution in [0.3, 0.4) is 0 Å². The molecule has 0 aromatic heterocycles. The molecule has 0 bridgehead atoms. The minimum absolute atomic E-state index is 0.0377. The van der Waals surface area contributed by atoms with Crippen LogP contribution in [-0.2, 0) is 14.4 Å². The van der Waals surface area contributed by atoms with Crippen molar-refractivity contribution in [3.8, 4) is 11.5 Å². The molecule has 2 aliphatic heterocycles. The van der Waals surface area contributed by atoms with E-state index in [4.69, 9.17) is 19.7 Å². The van der Waals surface area contributed by atoms with Crippen LogP contribution in [0.4, 0.5) is 0 Å². The molecule has 10 nitrogen and oxygen atoms in total. The molecule has 0 saturated carbocycles. The first-order valence-corrected chi connectivity index (χ1v) is 12.2. The van der Waals surface area contributed by atoms with Gasteiger partial charge in [-0.3, -0.25) is 9.69 Å². The summed E-state index contributed by atoms with van der Waals surface area (Å²) in [6.45, 7) is 6.36. The van der Waals surface area contributed by atoms with Crippen LogP contribution >= 0.6 is 11.8 Å². The lowest BCUT2D eigenvalue weighted by Gasteiger charge is -2.31. The van der Waals surface area contributed by atoms with Crippen LogP contribution in [0.2, 0.25) is 0 Å². The fraction of sp³-hybridized carbons (Fsp3) is 0.458. The Balaban J connectivity index is 0.000000466. The predicted octanol–water partition coefficient (Wildman–Crippen LogP) is 1.49. The predicted molar refractivity (Wildman–Crippen MR) is 134 cm³/mol. The van der Waals surface area contributed by atoms with Gasteiger partial charge in [-0.15, -0.1) is 11.8 Å². The van der Waals surface area contributed by atoms with Gasteiger partial charge in [0.1, 0.15) is 12.0 Å². The molecule has 1 unspecified atom stereocenters. The van der Waals surface area contributed by atoms with Gasteiger partial charge in [0.05, 0.1) is 7.11 Å². The molecule has 35 heavy (non-hydrogen) atoms. The highest BCUT2D eigenvalue weighted by Gasteiger charge is 2.29. The maximum Gasteiger partial charge on any atom is 0.328 e. The maximum absolute atomic E-state index is 12.6. The standard InChI is InChI=1S/C20H29N3O3S.C4H4O4/c1-21-10-12-22(13-11-21)9-5-8-19(24)23-14-15-27-20(23)16-26-18-7-4-3-6-17(18)25-2;5-3(6)1-2-4(7)8/h3-8,20H,9-16H2,1-2H3;1-2H,(H,5,6)(H,7,8). The molecule has 0 spiro atoms. The first kappa shape index (κ1) is 28.2. The van der Waals surface area contributed by atoms with E-state index in [0.717, 1.165) is 45.0 Å². The molecule has 2 aliphatic rings. The highest BCUT2D eigenvalue weighted by atomic mass is 32.2. The normalized spacial score (nSPS) is 18.9. The molecule has 2 saturated heterocycles. The van der Waals surface area contributed by atoms with Gasteiger partial charge in [0.15, 0.2) is 11.5 Å². The zero-order chi connectivity index (χ0) is 25.6. The summed E-state index contributed by atoms with van der Waals surface area (Å²) in [6, 6.07) is 7.60. The molecule has 2 fully saturated rings. The lowest BCUT2D eigenvalue weighted by molar-refractivity contribution is -0.134. The minimum atomic E-state index is -1.26. The van der Waals surface area contributed by atoms with Crippen LogP contribution < -0.4 is 9.47 Å². The molecule has 2 N–H and O–H groups in total. The van der Waals surface area contributed by atoms with E-state index >= 15 is 0 Å². The number of methoxy groups -OCH3 is 1. The third-order valence-electron chi connectivity index (χ3n) is 5.31. The average Bonchev–Trinajstić information content (AvgIpc) is 3.32. The smallest absolute Gasteiger partial charge is 0.328 e. The number of piperazine rings is 1. The van der Waals surface area contributed by atoms with E-state index in [1.54, 1.807) is 24.9 Å². The number of aliphatic carboxylic acids is 2. The molecule has 3 rings (SSSR count). The summed E-state index contributed by atoms with van der Waals surface area (Å²) in [5, 5.41) is 15.7. The number of para-hydroxylation sites is 2. The number of thioether (sulfide) groups is 1. The van der Waals surface area contributed by atoms with Gasteiger partial charge in [-0.1, -0.05) is 18.2 Å². The summed E-state index contributed by atoms with van der Waals surface area (Å²) < 4.78 is 11.2. The monoisotopic (exact) mass is 507 g/mol. The van der Waals surface area contributed by atoms with Crippen molar-refractivity contribution in [1.29, 1.82) is 0 Å². The number of likely N-dealkylation sites (N-methyl/N-ethyl adjacent to an activating group) is 1. The molecular formula is C24H33N3O7S. The summed E-state index contributed by atoms with van der Waals surface area (Å²) in [5.74, 6) is -0.0728. The summed E-state index contributed by atoms with van der Waals surface area (Å²) in [4.78, 5) is 38.3. The molecule has 0 aliphatic carbocycles. The molecular weight excluding hydrogens is 474 g/mol. The van der Waals surface area contributed by atoms with Crippen molar-refractivity contribution in [2.75, 3.05) is 65.8 Å². The molecule has 192 valence electrons. The Kier molecular flexibility index (Phi) is 12.2. The van der Waals surface area contributed by atoms with Crippen LogP contribution in [0.5, 0.6) is 11.5 Å². The fourth-order valence-corrected chi connectivity index (χ4v) is 4.51. The summed E-state index contributed by atoms with van der Waals surface area (Å²) in [6.07, 6.45) is 4.83. The van der Waals surface area contributed by atoms with Gasteiger partial charge in [-0.2, -0.15) is 0 Å². The number of carboxylic acids is 2. The number of carbonyl (C=O) groups is 3. The third-order valence-corrected chi connectivity index (χ3v) is 6.51. The van der Waals surface area contributed by atoms with E-state index in [1.807, 2.05) is 35.2 Å². The Labute approximate surface area is 209 Å². The van der Waals surface area contributed by atoms with Crippen LogP contribution in [0.25, 0.3) is 0 Å². The highest BCUT2D eigenvalue weighted by molar-refractivity contribution is 8.00. The van der Waals surface area contributed by atoms with Gasteiger partial charge < -0.3 is 29.5 Å². The number of carboxylic acid groups (broad SMARTS) is 2. The lowest BCUT2D eigenvalue weighted by Crippen LogP contribution is -2.44. The molecule has 1 aromatic carbocycles. The van der Waals surface area contributed by atoms with E-state index in [2.05, 4.69) is 16.8 Å². The zero-order valence-electron chi connectivity index (χ0n) is 20.0. The van der Waals surface area contributed by atoms with E-state index in [-0.39, 0.29) is 11.3 Å². The number of rotatable bonds is 9. The topological polar surface area (TPSA) is 120 Å². The van der Waals surface area contributed by atoms with E-state index < -0.39 is 11.9 Å². The van der Waals surface area contributed by atoms with Gasteiger partial charge in [0, 0.05) is 63.2 Å². The van der Waals surface area contributed by atoms with Crippen LogP contribution in [0.1, 0.15) is 0 Å². The Bertz CT molecular complexity index is 885. The number of nitrogens with zero attached hydrogens (tertiary/aromatic N) is 3. The van der Waals surface area contributed by atoms with Crippen molar-refractivity contribution in [3.05, 3.63) is 48.6 Å². The first-order chi connectivity index (χ1) is 16.8. The van der Waals surface area contributed by atoms with Crippen LogP contribution in [0, 0.1) is 0 Å².